The molecule has 0 amide bonds. The zero-order chi connectivity index (χ0) is 23.5. The van der Waals surface area contributed by atoms with Crippen LogP contribution < -0.4 is 0 Å². The minimum atomic E-state index is -3.76. The molecule has 2 aliphatic rings. The van der Waals surface area contributed by atoms with E-state index in [4.69, 9.17) is 9.47 Å². The number of phenols is 1. The standard InChI is InChI=1S/C23H33NO7S/c1-15(2)18-8-6-16(3)12-21(18)31-22(26)14-30-23(27)19-13-17(7-9-20(19)25)32(28,29)24-10-4-5-11-24/h7,9,13,15-16,18,21,25H,4-6,8,10-12,14H2,1-3H3/t16-,18+,21-/m1/s1. The first-order valence-corrected chi connectivity index (χ1v) is 12.7. The lowest BCUT2D eigenvalue weighted by molar-refractivity contribution is -0.159. The Morgan fingerprint density at radius 3 is 2.53 bits per heavy atom. The maximum atomic E-state index is 12.7. The summed E-state index contributed by atoms with van der Waals surface area (Å²) in [5, 5.41) is 10.1. The summed E-state index contributed by atoms with van der Waals surface area (Å²) >= 11 is 0. The summed E-state index contributed by atoms with van der Waals surface area (Å²) in [5.74, 6) is -0.937. The molecule has 0 aromatic heterocycles. The van der Waals surface area contributed by atoms with E-state index >= 15 is 0 Å². The van der Waals surface area contributed by atoms with Gasteiger partial charge < -0.3 is 14.6 Å². The second kappa shape index (κ2) is 10.2. The van der Waals surface area contributed by atoms with Gasteiger partial charge in [-0.1, -0.05) is 27.2 Å². The Morgan fingerprint density at radius 1 is 1.19 bits per heavy atom. The van der Waals surface area contributed by atoms with Crippen molar-refractivity contribution in [3.63, 3.8) is 0 Å². The van der Waals surface area contributed by atoms with Gasteiger partial charge in [0.1, 0.15) is 17.4 Å². The highest BCUT2D eigenvalue weighted by Gasteiger charge is 2.34. The highest BCUT2D eigenvalue weighted by atomic mass is 32.2. The molecule has 3 atom stereocenters. The molecule has 8 nitrogen and oxygen atoms in total. The van der Waals surface area contributed by atoms with E-state index in [9.17, 15) is 23.1 Å². The average molecular weight is 468 g/mol. The van der Waals surface area contributed by atoms with Crippen molar-refractivity contribution in [1.82, 2.24) is 4.31 Å². The normalized spacial score (nSPS) is 24.4. The average Bonchev–Trinajstić information content (AvgIpc) is 3.28. The lowest BCUT2D eigenvalue weighted by Crippen LogP contribution is -2.36. The lowest BCUT2D eigenvalue weighted by atomic mass is 9.75. The fraction of sp³-hybridized carbons (Fsp3) is 0.652. The molecule has 2 fully saturated rings. The number of sulfonamides is 1. The number of esters is 2. The maximum Gasteiger partial charge on any atom is 0.344 e. The van der Waals surface area contributed by atoms with E-state index in [2.05, 4.69) is 20.8 Å². The van der Waals surface area contributed by atoms with Gasteiger partial charge in [0.05, 0.1) is 4.90 Å². The minimum absolute atomic E-state index is 0.0947. The van der Waals surface area contributed by atoms with Gasteiger partial charge in [0.25, 0.3) is 0 Å². The van der Waals surface area contributed by atoms with Crippen molar-refractivity contribution in [1.29, 1.82) is 0 Å². The Balaban J connectivity index is 1.63. The highest BCUT2D eigenvalue weighted by Crippen LogP contribution is 2.35. The van der Waals surface area contributed by atoms with Crippen LogP contribution in [-0.4, -0.2) is 55.6 Å². The zero-order valence-electron chi connectivity index (χ0n) is 19.0. The van der Waals surface area contributed by atoms with Gasteiger partial charge in [-0.2, -0.15) is 4.31 Å². The molecule has 0 radical (unpaired) electrons. The molecule has 1 saturated carbocycles. The number of carbonyl (C=O) groups is 2. The number of aromatic hydroxyl groups is 1. The van der Waals surface area contributed by atoms with Crippen molar-refractivity contribution in [3.8, 4) is 5.75 Å². The van der Waals surface area contributed by atoms with E-state index in [1.54, 1.807) is 0 Å². The van der Waals surface area contributed by atoms with Gasteiger partial charge in [-0.15, -0.1) is 0 Å². The highest BCUT2D eigenvalue weighted by molar-refractivity contribution is 7.89. The van der Waals surface area contributed by atoms with Crippen molar-refractivity contribution in [3.05, 3.63) is 23.8 Å². The molecule has 178 valence electrons. The quantitative estimate of drug-likeness (QED) is 0.612. The molecule has 1 heterocycles. The smallest absolute Gasteiger partial charge is 0.344 e. The first-order chi connectivity index (χ1) is 15.1. The molecule has 1 N–H and O–H groups in total. The topological polar surface area (TPSA) is 110 Å². The minimum Gasteiger partial charge on any atom is -0.507 e. The summed E-state index contributed by atoms with van der Waals surface area (Å²) in [7, 11) is -3.76. The van der Waals surface area contributed by atoms with E-state index in [0.29, 0.717) is 24.9 Å². The van der Waals surface area contributed by atoms with Gasteiger partial charge in [0.15, 0.2) is 6.61 Å². The summed E-state index contributed by atoms with van der Waals surface area (Å²) in [5.41, 5.74) is -0.301. The van der Waals surface area contributed by atoms with Crippen LogP contribution in [0.3, 0.4) is 0 Å². The summed E-state index contributed by atoms with van der Waals surface area (Å²) in [4.78, 5) is 24.7. The van der Waals surface area contributed by atoms with Crippen LogP contribution in [0.15, 0.2) is 23.1 Å². The van der Waals surface area contributed by atoms with Crippen molar-refractivity contribution in [2.24, 2.45) is 17.8 Å². The molecule has 0 bridgehead atoms. The number of carbonyl (C=O) groups excluding carboxylic acids is 2. The van der Waals surface area contributed by atoms with Crippen LogP contribution in [0.4, 0.5) is 0 Å². The fourth-order valence-electron chi connectivity index (χ4n) is 4.57. The van der Waals surface area contributed by atoms with Crippen LogP contribution >= 0.6 is 0 Å². The van der Waals surface area contributed by atoms with Crippen molar-refractivity contribution in [2.45, 2.75) is 63.9 Å². The number of hydrogen-bond acceptors (Lipinski definition) is 7. The number of rotatable bonds is 7. The molecule has 9 heteroatoms. The van der Waals surface area contributed by atoms with Crippen LogP contribution in [0.2, 0.25) is 0 Å². The number of hydrogen-bond donors (Lipinski definition) is 1. The molecule has 0 unspecified atom stereocenters. The molecule has 1 aromatic carbocycles. The predicted molar refractivity (Wildman–Crippen MR) is 118 cm³/mol. The number of ether oxygens (including phenoxy) is 2. The third-order valence-corrected chi connectivity index (χ3v) is 8.35. The molecule has 3 rings (SSSR count). The van der Waals surface area contributed by atoms with E-state index < -0.39 is 34.3 Å². The Kier molecular flexibility index (Phi) is 7.82. The first-order valence-electron chi connectivity index (χ1n) is 11.3. The van der Waals surface area contributed by atoms with E-state index in [-0.39, 0.29) is 22.5 Å². The van der Waals surface area contributed by atoms with Gasteiger partial charge in [0.2, 0.25) is 10.0 Å². The Hall–Kier alpha value is -2.13. The lowest BCUT2D eigenvalue weighted by Gasteiger charge is -2.36. The monoisotopic (exact) mass is 467 g/mol. The molecule has 0 spiro atoms. The molecule has 1 aliphatic carbocycles. The van der Waals surface area contributed by atoms with Crippen LogP contribution in [0.25, 0.3) is 0 Å². The van der Waals surface area contributed by atoms with Crippen molar-refractivity contribution >= 4 is 22.0 Å². The van der Waals surface area contributed by atoms with Gasteiger partial charge in [-0.25, -0.2) is 18.0 Å². The molecular weight excluding hydrogens is 434 g/mol. The number of benzene rings is 1. The Morgan fingerprint density at radius 2 is 1.88 bits per heavy atom. The third kappa shape index (κ3) is 5.61. The SMILES string of the molecule is CC(C)[C@@H]1CC[C@@H](C)C[C@H]1OC(=O)COC(=O)c1cc(S(=O)(=O)N2CCCC2)ccc1O. The van der Waals surface area contributed by atoms with E-state index in [1.165, 1.54) is 10.4 Å². The van der Waals surface area contributed by atoms with Crippen molar-refractivity contribution < 1.29 is 32.6 Å². The summed E-state index contributed by atoms with van der Waals surface area (Å²) in [6.45, 7) is 6.58. The molecule has 32 heavy (non-hydrogen) atoms. The van der Waals surface area contributed by atoms with Gasteiger partial charge in [-0.3, -0.25) is 0 Å². The maximum absolute atomic E-state index is 12.7. The van der Waals surface area contributed by atoms with E-state index in [1.807, 2.05) is 0 Å². The molecule has 1 saturated heterocycles. The number of phenolic OH excluding ortho intramolecular Hbond substituents is 1. The second-order valence-corrected chi connectivity index (χ2v) is 11.2. The fourth-order valence-corrected chi connectivity index (χ4v) is 6.12. The van der Waals surface area contributed by atoms with Gasteiger partial charge >= 0.3 is 11.9 Å². The predicted octanol–water partition coefficient (Wildman–Crippen LogP) is 3.34. The first kappa shape index (κ1) is 24.5. The summed E-state index contributed by atoms with van der Waals surface area (Å²) < 4.78 is 37.5. The van der Waals surface area contributed by atoms with Crippen LogP contribution in [0, 0.1) is 17.8 Å². The summed E-state index contributed by atoms with van der Waals surface area (Å²) in [6, 6.07) is 3.49. The van der Waals surface area contributed by atoms with Gasteiger partial charge in [0, 0.05) is 13.1 Å². The van der Waals surface area contributed by atoms with Crippen LogP contribution in [-0.2, 0) is 24.3 Å². The second-order valence-electron chi connectivity index (χ2n) is 9.22. The van der Waals surface area contributed by atoms with Crippen LogP contribution in [0.5, 0.6) is 5.75 Å². The Labute approximate surface area is 189 Å². The van der Waals surface area contributed by atoms with Crippen molar-refractivity contribution in [2.75, 3.05) is 19.7 Å². The largest absolute Gasteiger partial charge is 0.507 e. The summed E-state index contributed by atoms with van der Waals surface area (Å²) in [6.07, 6.45) is 4.22. The zero-order valence-corrected chi connectivity index (χ0v) is 19.8. The molecular formula is C23H33NO7S. The van der Waals surface area contributed by atoms with Gasteiger partial charge in [-0.05, 0) is 61.6 Å². The van der Waals surface area contributed by atoms with E-state index in [0.717, 1.165) is 44.2 Å². The molecule has 1 aliphatic heterocycles. The number of nitrogens with zero attached hydrogens (tertiary/aromatic N) is 1. The third-order valence-electron chi connectivity index (χ3n) is 6.46. The molecule has 1 aromatic rings. The Bertz CT molecular complexity index is 938. The van der Waals surface area contributed by atoms with Crippen LogP contribution in [0.1, 0.15) is 63.2 Å².